The van der Waals surface area contributed by atoms with Crippen LogP contribution in [0.5, 0.6) is 0 Å². The Labute approximate surface area is 140 Å². The van der Waals surface area contributed by atoms with Crippen molar-refractivity contribution in [3.8, 4) is 0 Å². The molecule has 2 fully saturated rings. The third-order valence-corrected chi connectivity index (χ3v) is 4.82. The van der Waals surface area contributed by atoms with Crippen LogP contribution in [0.4, 0.5) is 0 Å². The Morgan fingerprint density at radius 3 is 2.83 bits per heavy atom. The number of hydrogen-bond donors (Lipinski definition) is 3. The van der Waals surface area contributed by atoms with Gasteiger partial charge in [0.05, 0.1) is 18.7 Å². The van der Waals surface area contributed by atoms with Crippen LogP contribution in [0.15, 0.2) is 6.20 Å². The molecule has 1 aromatic rings. The van der Waals surface area contributed by atoms with E-state index in [0.717, 1.165) is 52.0 Å². The monoisotopic (exact) mass is 335 g/mol. The predicted octanol–water partition coefficient (Wildman–Crippen LogP) is -1.43. The van der Waals surface area contributed by atoms with Gasteiger partial charge in [0.25, 0.3) is 5.91 Å². The van der Waals surface area contributed by atoms with Crippen LogP contribution >= 0.6 is 0 Å². The predicted molar refractivity (Wildman–Crippen MR) is 87.1 cm³/mol. The minimum Gasteiger partial charge on any atom is -0.369 e. The van der Waals surface area contributed by atoms with E-state index in [4.69, 9.17) is 5.73 Å². The minimum atomic E-state index is -0.350. The Bertz CT molecular complexity index is 582. The van der Waals surface area contributed by atoms with Crippen molar-refractivity contribution in [3.05, 3.63) is 11.9 Å². The molecular weight excluding hydrogens is 310 g/mol. The van der Waals surface area contributed by atoms with Gasteiger partial charge >= 0.3 is 0 Å². The van der Waals surface area contributed by atoms with E-state index in [1.54, 1.807) is 10.9 Å². The fourth-order valence-electron chi connectivity index (χ4n) is 3.41. The van der Waals surface area contributed by atoms with Gasteiger partial charge in [-0.3, -0.25) is 19.2 Å². The first kappa shape index (κ1) is 16.8. The molecule has 9 heteroatoms. The number of primary amides is 1. The van der Waals surface area contributed by atoms with Crippen molar-refractivity contribution >= 4 is 11.8 Å². The zero-order valence-electron chi connectivity index (χ0n) is 13.8. The van der Waals surface area contributed by atoms with E-state index in [2.05, 4.69) is 25.8 Å². The van der Waals surface area contributed by atoms with Crippen molar-refractivity contribution < 1.29 is 9.59 Å². The number of nitrogens with zero attached hydrogens (tertiary/aromatic N) is 4. The summed E-state index contributed by atoms with van der Waals surface area (Å²) in [6.45, 7) is 5.66. The minimum absolute atomic E-state index is 0.194. The fraction of sp³-hybridized carbons (Fsp3) is 0.733. The van der Waals surface area contributed by atoms with Gasteiger partial charge in [0, 0.05) is 38.8 Å². The number of piperazine rings is 1. The molecule has 24 heavy (non-hydrogen) atoms. The molecule has 0 spiro atoms. The normalized spacial score (nSPS) is 24.8. The third kappa shape index (κ3) is 4.09. The van der Waals surface area contributed by atoms with Crippen molar-refractivity contribution in [1.82, 2.24) is 30.5 Å². The summed E-state index contributed by atoms with van der Waals surface area (Å²) >= 11 is 0. The number of carbonyl (C=O) groups is 2. The summed E-state index contributed by atoms with van der Waals surface area (Å²) in [6.07, 6.45) is 4.07. The Balaban J connectivity index is 1.50. The molecule has 4 N–H and O–H groups in total. The highest BCUT2D eigenvalue weighted by Crippen LogP contribution is 2.25. The molecule has 1 aliphatic heterocycles. The number of aromatic nitrogens is 3. The number of nitrogens with one attached hydrogen (secondary N) is 2. The molecule has 2 aliphatic rings. The van der Waals surface area contributed by atoms with Crippen molar-refractivity contribution in [2.24, 2.45) is 11.7 Å². The van der Waals surface area contributed by atoms with Crippen molar-refractivity contribution in [1.29, 1.82) is 0 Å². The van der Waals surface area contributed by atoms with Gasteiger partial charge in [0.2, 0.25) is 5.91 Å². The molecule has 1 saturated heterocycles. The van der Waals surface area contributed by atoms with Crippen LogP contribution in [-0.4, -0.2) is 70.5 Å². The second-order valence-corrected chi connectivity index (χ2v) is 6.48. The zero-order valence-corrected chi connectivity index (χ0v) is 13.8. The first-order valence-corrected chi connectivity index (χ1v) is 8.57. The van der Waals surface area contributed by atoms with E-state index in [9.17, 15) is 9.59 Å². The highest BCUT2D eigenvalue weighted by molar-refractivity contribution is 5.92. The highest BCUT2D eigenvalue weighted by atomic mass is 16.2. The lowest BCUT2D eigenvalue weighted by Gasteiger charge is -2.26. The molecule has 2 amide bonds. The summed E-state index contributed by atoms with van der Waals surface area (Å²) in [5, 5.41) is 14.2. The number of nitrogens with two attached hydrogens (primary N) is 1. The van der Waals surface area contributed by atoms with Crippen molar-refractivity contribution in [2.45, 2.75) is 31.8 Å². The lowest BCUT2D eigenvalue weighted by Crippen LogP contribution is -2.44. The van der Waals surface area contributed by atoms with Gasteiger partial charge in [-0.1, -0.05) is 11.6 Å². The van der Waals surface area contributed by atoms with Gasteiger partial charge in [0.15, 0.2) is 5.69 Å². The van der Waals surface area contributed by atoms with E-state index in [1.165, 1.54) is 0 Å². The SMILES string of the molecule is NC(=O)[C@@H]1CCC[C@@H]1NC(=O)c1cn(CCN2CCNCC2)nn1. The Kier molecular flexibility index (Phi) is 5.41. The number of rotatable bonds is 6. The molecule has 0 radical (unpaired) electrons. The summed E-state index contributed by atoms with van der Waals surface area (Å²) in [6, 6.07) is -0.194. The summed E-state index contributed by atoms with van der Waals surface area (Å²) < 4.78 is 1.69. The second kappa shape index (κ2) is 7.71. The molecule has 1 aliphatic carbocycles. The Morgan fingerprint density at radius 1 is 1.29 bits per heavy atom. The maximum Gasteiger partial charge on any atom is 0.273 e. The fourth-order valence-corrected chi connectivity index (χ4v) is 3.41. The summed E-state index contributed by atoms with van der Waals surface area (Å²) in [5.41, 5.74) is 5.67. The molecule has 0 unspecified atom stereocenters. The molecule has 2 atom stereocenters. The first-order valence-electron chi connectivity index (χ1n) is 8.57. The summed E-state index contributed by atoms with van der Waals surface area (Å²) in [5.74, 6) is -0.921. The number of carbonyl (C=O) groups excluding carboxylic acids is 2. The Hall–Kier alpha value is -2.00. The third-order valence-electron chi connectivity index (χ3n) is 4.82. The first-order chi connectivity index (χ1) is 11.6. The summed E-state index contributed by atoms with van der Waals surface area (Å²) in [4.78, 5) is 26.0. The molecule has 0 bridgehead atoms. The molecular formula is C15H25N7O2. The van der Waals surface area contributed by atoms with Gasteiger partial charge in [0.1, 0.15) is 0 Å². The van der Waals surface area contributed by atoms with E-state index < -0.39 is 0 Å². The van der Waals surface area contributed by atoms with Crippen molar-refractivity contribution in [3.63, 3.8) is 0 Å². The van der Waals surface area contributed by atoms with Crippen molar-refractivity contribution in [2.75, 3.05) is 32.7 Å². The average Bonchev–Trinajstić information content (AvgIpc) is 3.23. The Morgan fingerprint density at radius 2 is 2.08 bits per heavy atom. The number of amides is 2. The van der Waals surface area contributed by atoms with E-state index in [0.29, 0.717) is 6.54 Å². The number of hydrogen-bond acceptors (Lipinski definition) is 6. The molecule has 2 heterocycles. The lowest BCUT2D eigenvalue weighted by atomic mass is 10.0. The van der Waals surface area contributed by atoms with Crippen LogP contribution in [0, 0.1) is 5.92 Å². The van der Waals surface area contributed by atoms with Crippen LogP contribution in [0.1, 0.15) is 29.8 Å². The van der Waals surface area contributed by atoms with Crippen LogP contribution in [0.2, 0.25) is 0 Å². The van der Waals surface area contributed by atoms with Gasteiger partial charge in [-0.2, -0.15) is 0 Å². The summed E-state index contributed by atoms with van der Waals surface area (Å²) in [7, 11) is 0. The molecule has 0 aromatic carbocycles. The van der Waals surface area contributed by atoms with Gasteiger partial charge < -0.3 is 16.4 Å². The maximum atomic E-state index is 12.3. The topological polar surface area (TPSA) is 118 Å². The molecule has 9 nitrogen and oxygen atoms in total. The maximum absolute atomic E-state index is 12.3. The van der Waals surface area contributed by atoms with Gasteiger partial charge in [-0.25, -0.2) is 0 Å². The standard InChI is InChI=1S/C15H25N7O2/c16-14(23)11-2-1-3-12(11)18-15(24)13-10-22(20-19-13)9-8-21-6-4-17-5-7-21/h10-12,17H,1-9H2,(H2,16,23)(H,18,24)/t11-,12+/m1/s1. The largest absolute Gasteiger partial charge is 0.369 e. The van der Waals surface area contributed by atoms with Gasteiger partial charge in [-0.15, -0.1) is 5.10 Å². The molecule has 132 valence electrons. The zero-order chi connectivity index (χ0) is 16.9. The quantitative estimate of drug-likeness (QED) is 0.586. The van der Waals surface area contributed by atoms with E-state index in [-0.39, 0.29) is 29.5 Å². The van der Waals surface area contributed by atoms with Gasteiger partial charge in [-0.05, 0) is 12.8 Å². The lowest BCUT2D eigenvalue weighted by molar-refractivity contribution is -0.122. The molecule has 1 saturated carbocycles. The van der Waals surface area contributed by atoms with E-state index >= 15 is 0 Å². The second-order valence-electron chi connectivity index (χ2n) is 6.48. The van der Waals surface area contributed by atoms with Crippen LogP contribution in [-0.2, 0) is 11.3 Å². The van der Waals surface area contributed by atoms with Crippen LogP contribution < -0.4 is 16.4 Å². The highest BCUT2D eigenvalue weighted by Gasteiger charge is 2.33. The van der Waals surface area contributed by atoms with Crippen LogP contribution in [0.3, 0.4) is 0 Å². The molecule has 3 rings (SSSR count). The molecule has 1 aromatic heterocycles. The smallest absolute Gasteiger partial charge is 0.273 e. The van der Waals surface area contributed by atoms with E-state index in [1.807, 2.05) is 0 Å². The average molecular weight is 335 g/mol. The van der Waals surface area contributed by atoms with Crippen LogP contribution in [0.25, 0.3) is 0 Å².